The zero-order chi connectivity index (χ0) is 14.4. The number of ether oxygens (including phenoxy) is 1. The Labute approximate surface area is 126 Å². The second kappa shape index (κ2) is 7.61. The summed E-state index contributed by atoms with van der Waals surface area (Å²) in [6.07, 6.45) is 1.15. The summed E-state index contributed by atoms with van der Waals surface area (Å²) in [5.41, 5.74) is 0. The Morgan fingerprint density at radius 1 is 1.55 bits per heavy atom. The van der Waals surface area contributed by atoms with Crippen LogP contribution >= 0.6 is 15.9 Å². The highest BCUT2D eigenvalue weighted by molar-refractivity contribution is 9.10. The van der Waals surface area contributed by atoms with E-state index in [0.29, 0.717) is 5.75 Å². The Balaban J connectivity index is 1.69. The van der Waals surface area contributed by atoms with Crippen molar-refractivity contribution in [2.24, 2.45) is 0 Å². The highest BCUT2D eigenvalue weighted by Crippen LogP contribution is 2.23. The molecule has 110 valence electrons. The number of amides is 1. The van der Waals surface area contributed by atoms with Crippen molar-refractivity contribution in [3.8, 4) is 5.75 Å². The standard InChI is InChI=1S/C14H19BrN2O3/c15-11-4-1-2-6-13(11)20-9-10(18)8-17-14(19)12-5-3-7-16-12/h1-2,4,6,10,12,16,18H,3,5,7-9H2,(H,17,19)/t10-,12-/m1/s1. The molecule has 0 aromatic heterocycles. The van der Waals surface area contributed by atoms with Crippen molar-refractivity contribution in [2.45, 2.75) is 25.0 Å². The van der Waals surface area contributed by atoms with Crippen LogP contribution in [0.15, 0.2) is 28.7 Å². The molecular weight excluding hydrogens is 324 g/mol. The van der Waals surface area contributed by atoms with Crippen molar-refractivity contribution < 1.29 is 14.6 Å². The van der Waals surface area contributed by atoms with E-state index in [0.717, 1.165) is 23.9 Å². The molecule has 5 nitrogen and oxygen atoms in total. The summed E-state index contributed by atoms with van der Waals surface area (Å²) in [7, 11) is 0. The van der Waals surface area contributed by atoms with Crippen LogP contribution in [-0.2, 0) is 4.79 Å². The predicted octanol–water partition coefficient (Wildman–Crippen LogP) is 1.06. The van der Waals surface area contributed by atoms with Gasteiger partial charge in [0.15, 0.2) is 0 Å². The van der Waals surface area contributed by atoms with Crippen molar-refractivity contribution in [1.82, 2.24) is 10.6 Å². The number of carbonyl (C=O) groups is 1. The van der Waals surface area contributed by atoms with Crippen LogP contribution in [0.4, 0.5) is 0 Å². The van der Waals surface area contributed by atoms with Gasteiger partial charge in [-0.2, -0.15) is 0 Å². The zero-order valence-electron chi connectivity index (χ0n) is 11.1. The van der Waals surface area contributed by atoms with Crippen molar-refractivity contribution in [3.05, 3.63) is 28.7 Å². The summed E-state index contributed by atoms with van der Waals surface area (Å²) in [5.74, 6) is 0.623. The molecule has 1 aromatic carbocycles. The van der Waals surface area contributed by atoms with E-state index in [1.54, 1.807) is 0 Å². The maximum atomic E-state index is 11.7. The second-order valence-corrected chi connectivity index (χ2v) is 5.64. The molecule has 0 saturated carbocycles. The van der Waals surface area contributed by atoms with Gasteiger partial charge in [-0.25, -0.2) is 0 Å². The lowest BCUT2D eigenvalue weighted by Crippen LogP contribution is -2.44. The molecule has 1 amide bonds. The van der Waals surface area contributed by atoms with Crippen LogP contribution in [0, 0.1) is 0 Å². The number of aliphatic hydroxyl groups is 1. The fraction of sp³-hybridized carbons (Fsp3) is 0.500. The Morgan fingerprint density at radius 2 is 2.35 bits per heavy atom. The SMILES string of the molecule is O=C(NC[C@@H](O)COc1ccccc1Br)[C@H]1CCCN1. The van der Waals surface area contributed by atoms with E-state index in [1.165, 1.54) is 0 Å². The zero-order valence-corrected chi connectivity index (χ0v) is 12.7. The molecule has 0 bridgehead atoms. The molecule has 0 unspecified atom stereocenters. The van der Waals surface area contributed by atoms with Crippen molar-refractivity contribution >= 4 is 21.8 Å². The number of halogens is 1. The van der Waals surface area contributed by atoms with E-state index in [9.17, 15) is 9.90 Å². The summed E-state index contributed by atoms with van der Waals surface area (Å²) in [6, 6.07) is 7.32. The van der Waals surface area contributed by atoms with Gasteiger partial charge in [-0.15, -0.1) is 0 Å². The van der Waals surface area contributed by atoms with Gasteiger partial charge in [-0.3, -0.25) is 4.79 Å². The summed E-state index contributed by atoms with van der Waals surface area (Å²) in [4.78, 5) is 11.7. The van der Waals surface area contributed by atoms with Gasteiger partial charge in [0.2, 0.25) is 5.91 Å². The normalized spacial score (nSPS) is 19.6. The lowest BCUT2D eigenvalue weighted by atomic mass is 10.2. The van der Waals surface area contributed by atoms with Crippen molar-refractivity contribution in [2.75, 3.05) is 19.7 Å². The van der Waals surface area contributed by atoms with E-state index in [2.05, 4.69) is 26.6 Å². The summed E-state index contributed by atoms with van der Waals surface area (Å²) < 4.78 is 6.33. The monoisotopic (exact) mass is 342 g/mol. The summed E-state index contributed by atoms with van der Waals surface area (Å²) >= 11 is 3.37. The van der Waals surface area contributed by atoms with Crippen molar-refractivity contribution in [3.63, 3.8) is 0 Å². The number of carbonyl (C=O) groups excluding carboxylic acids is 1. The smallest absolute Gasteiger partial charge is 0.237 e. The Hall–Kier alpha value is -1.11. The average Bonchev–Trinajstić information content (AvgIpc) is 2.98. The third-order valence-electron chi connectivity index (χ3n) is 3.16. The molecule has 0 aliphatic carbocycles. The van der Waals surface area contributed by atoms with Gasteiger partial charge in [0.25, 0.3) is 0 Å². The molecule has 0 radical (unpaired) electrons. The summed E-state index contributed by atoms with van der Waals surface area (Å²) in [5, 5.41) is 15.7. The highest BCUT2D eigenvalue weighted by atomic mass is 79.9. The molecule has 1 aliphatic rings. The third-order valence-corrected chi connectivity index (χ3v) is 3.81. The largest absolute Gasteiger partial charge is 0.490 e. The second-order valence-electron chi connectivity index (χ2n) is 4.79. The van der Waals surface area contributed by atoms with Gasteiger partial charge >= 0.3 is 0 Å². The number of para-hydroxylation sites is 1. The molecule has 1 aromatic rings. The van der Waals surface area contributed by atoms with Crippen LogP contribution in [-0.4, -0.2) is 42.9 Å². The van der Waals surface area contributed by atoms with E-state index < -0.39 is 6.10 Å². The minimum Gasteiger partial charge on any atom is -0.490 e. The molecule has 1 fully saturated rings. The number of hydrogen-bond donors (Lipinski definition) is 3. The molecule has 3 N–H and O–H groups in total. The van der Waals surface area contributed by atoms with E-state index in [4.69, 9.17) is 4.74 Å². The first-order valence-electron chi connectivity index (χ1n) is 6.73. The minimum absolute atomic E-state index is 0.0533. The quantitative estimate of drug-likeness (QED) is 0.722. The molecule has 20 heavy (non-hydrogen) atoms. The fourth-order valence-electron chi connectivity index (χ4n) is 2.06. The van der Waals surface area contributed by atoms with Gasteiger partial charge in [-0.05, 0) is 47.4 Å². The van der Waals surface area contributed by atoms with E-state index >= 15 is 0 Å². The van der Waals surface area contributed by atoms with Crippen LogP contribution < -0.4 is 15.4 Å². The molecule has 2 atom stereocenters. The number of benzene rings is 1. The number of aliphatic hydroxyl groups excluding tert-OH is 1. The van der Waals surface area contributed by atoms with Crippen LogP contribution in [0.3, 0.4) is 0 Å². The molecule has 1 heterocycles. The number of hydrogen-bond acceptors (Lipinski definition) is 4. The topological polar surface area (TPSA) is 70.6 Å². The molecule has 1 saturated heterocycles. The van der Waals surface area contributed by atoms with Gasteiger partial charge < -0.3 is 20.5 Å². The van der Waals surface area contributed by atoms with Gasteiger partial charge in [0.1, 0.15) is 18.5 Å². The Morgan fingerprint density at radius 3 is 3.05 bits per heavy atom. The fourth-order valence-corrected chi connectivity index (χ4v) is 2.46. The maximum absolute atomic E-state index is 11.7. The number of rotatable bonds is 6. The molecular formula is C14H19BrN2O3. The van der Waals surface area contributed by atoms with Crippen LogP contribution in [0.2, 0.25) is 0 Å². The molecule has 6 heteroatoms. The van der Waals surface area contributed by atoms with Crippen LogP contribution in [0.5, 0.6) is 5.75 Å². The molecule has 1 aliphatic heterocycles. The summed E-state index contributed by atoms with van der Waals surface area (Å²) in [6.45, 7) is 1.22. The van der Waals surface area contributed by atoms with Gasteiger partial charge in [0, 0.05) is 6.54 Å². The van der Waals surface area contributed by atoms with Gasteiger partial charge in [-0.1, -0.05) is 12.1 Å². The maximum Gasteiger partial charge on any atom is 0.237 e. The van der Waals surface area contributed by atoms with Crippen LogP contribution in [0.1, 0.15) is 12.8 Å². The first-order chi connectivity index (χ1) is 9.66. The van der Waals surface area contributed by atoms with Crippen molar-refractivity contribution in [1.29, 1.82) is 0 Å². The lowest BCUT2D eigenvalue weighted by Gasteiger charge is -2.16. The molecule has 0 spiro atoms. The number of nitrogens with one attached hydrogen (secondary N) is 2. The van der Waals surface area contributed by atoms with E-state index in [-0.39, 0.29) is 25.1 Å². The van der Waals surface area contributed by atoms with Gasteiger partial charge in [0.05, 0.1) is 10.5 Å². The Kier molecular flexibility index (Phi) is 5.82. The third kappa shape index (κ3) is 4.47. The first kappa shape index (κ1) is 15.3. The minimum atomic E-state index is -0.729. The highest BCUT2D eigenvalue weighted by Gasteiger charge is 2.22. The molecule has 2 rings (SSSR count). The predicted molar refractivity (Wildman–Crippen MR) is 79.7 cm³/mol. The van der Waals surface area contributed by atoms with E-state index in [1.807, 2.05) is 24.3 Å². The Bertz CT molecular complexity index is 450. The average molecular weight is 343 g/mol. The van der Waals surface area contributed by atoms with Crippen LogP contribution in [0.25, 0.3) is 0 Å². The first-order valence-corrected chi connectivity index (χ1v) is 7.52. The lowest BCUT2D eigenvalue weighted by molar-refractivity contribution is -0.123.